The number of non-ortho nitro benzene ring substituents is 2. The number of rotatable bonds is 6. The first-order chi connectivity index (χ1) is 13.4. The summed E-state index contributed by atoms with van der Waals surface area (Å²) in [6.07, 6.45) is 2.95. The molecule has 0 amide bonds. The highest BCUT2D eigenvalue weighted by Crippen LogP contribution is 2.23. The van der Waals surface area contributed by atoms with Crippen LogP contribution in [0.25, 0.3) is 0 Å². The van der Waals surface area contributed by atoms with Gasteiger partial charge in [-0.05, 0) is 36.4 Å². The fraction of sp³-hybridized carbons (Fsp3) is 0.105. The molecule has 0 atom stereocenters. The molecule has 2 rings (SSSR count). The molecule has 2 aromatic rings. The predicted molar refractivity (Wildman–Crippen MR) is 99.0 cm³/mol. The smallest absolute Gasteiger partial charge is 0.338 e. The monoisotopic (exact) mass is 382 g/mol. The maximum Gasteiger partial charge on any atom is 0.338 e. The molecule has 0 saturated carbocycles. The van der Waals surface area contributed by atoms with Crippen LogP contribution in [0.2, 0.25) is 0 Å². The van der Waals surface area contributed by atoms with Gasteiger partial charge in [-0.25, -0.2) is 4.79 Å². The van der Waals surface area contributed by atoms with Crippen molar-refractivity contribution in [2.45, 2.75) is 0 Å². The number of nitro benzene ring substituents is 2. The molecule has 0 saturated heterocycles. The van der Waals surface area contributed by atoms with E-state index in [4.69, 9.17) is 9.47 Å². The van der Waals surface area contributed by atoms with Gasteiger partial charge >= 0.3 is 5.97 Å². The quantitative estimate of drug-likeness (QED) is 0.325. The molecule has 0 radical (unpaired) electrons. The lowest BCUT2D eigenvalue weighted by Crippen LogP contribution is -2.06. The van der Waals surface area contributed by atoms with Crippen LogP contribution < -0.4 is 4.74 Å². The summed E-state index contributed by atoms with van der Waals surface area (Å²) in [6.45, 7) is -0.146. The molecule has 0 unspecified atom stereocenters. The van der Waals surface area contributed by atoms with Gasteiger partial charge in [0.15, 0.2) is 0 Å². The highest BCUT2D eigenvalue weighted by Gasteiger charge is 2.20. The van der Waals surface area contributed by atoms with Gasteiger partial charge in [0, 0.05) is 17.7 Å². The molecule has 2 aromatic carbocycles. The Labute approximate surface area is 159 Å². The largest absolute Gasteiger partial charge is 0.497 e. The summed E-state index contributed by atoms with van der Waals surface area (Å²) in [5.74, 6) is 5.43. The summed E-state index contributed by atoms with van der Waals surface area (Å²) in [5.41, 5.74) is -0.644. The van der Waals surface area contributed by atoms with Crippen molar-refractivity contribution in [3.05, 3.63) is 86.0 Å². The van der Waals surface area contributed by atoms with Gasteiger partial charge in [-0.2, -0.15) is 0 Å². The van der Waals surface area contributed by atoms with Crippen LogP contribution >= 0.6 is 0 Å². The summed E-state index contributed by atoms with van der Waals surface area (Å²) in [4.78, 5) is 32.0. The predicted octanol–water partition coefficient (Wildman–Crippen LogP) is 3.28. The van der Waals surface area contributed by atoms with Gasteiger partial charge in [0.1, 0.15) is 12.4 Å². The van der Waals surface area contributed by atoms with E-state index >= 15 is 0 Å². The van der Waals surface area contributed by atoms with E-state index < -0.39 is 27.2 Å². The van der Waals surface area contributed by atoms with Crippen molar-refractivity contribution in [3.63, 3.8) is 0 Å². The topological polar surface area (TPSA) is 122 Å². The SMILES string of the molecule is COc1ccc(C#C/C=C/COC(=O)c2cc([N+](=O)[O-])cc([N+](=O)[O-])c2)cc1. The Morgan fingerprint density at radius 3 is 2.21 bits per heavy atom. The number of ether oxygens (including phenoxy) is 2. The number of esters is 1. The fourth-order valence-corrected chi connectivity index (χ4v) is 2.04. The summed E-state index contributed by atoms with van der Waals surface area (Å²) >= 11 is 0. The third-order valence-electron chi connectivity index (χ3n) is 3.38. The lowest BCUT2D eigenvalue weighted by molar-refractivity contribution is -0.394. The second kappa shape index (κ2) is 9.49. The van der Waals surface area contributed by atoms with Crippen molar-refractivity contribution in [2.75, 3.05) is 13.7 Å². The van der Waals surface area contributed by atoms with Crippen LogP contribution in [-0.2, 0) is 4.74 Å². The first-order valence-corrected chi connectivity index (χ1v) is 7.82. The maximum absolute atomic E-state index is 12.0. The number of hydrogen-bond acceptors (Lipinski definition) is 7. The van der Waals surface area contributed by atoms with Crippen molar-refractivity contribution in [1.29, 1.82) is 0 Å². The minimum absolute atomic E-state index is 0.146. The molecule has 0 aliphatic heterocycles. The minimum atomic E-state index is -0.917. The lowest BCUT2D eigenvalue weighted by atomic mass is 10.2. The molecule has 9 nitrogen and oxygen atoms in total. The number of allylic oxidation sites excluding steroid dienone is 1. The van der Waals surface area contributed by atoms with Gasteiger partial charge in [-0.15, -0.1) is 0 Å². The van der Waals surface area contributed by atoms with Gasteiger partial charge in [-0.3, -0.25) is 20.2 Å². The number of hydrogen-bond donors (Lipinski definition) is 0. The van der Waals surface area contributed by atoms with Gasteiger partial charge in [0.05, 0.1) is 28.6 Å². The van der Waals surface area contributed by atoms with E-state index in [1.165, 1.54) is 12.2 Å². The van der Waals surface area contributed by atoms with Crippen molar-refractivity contribution in [2.24, 2.45) is 0 Å². The minimum Gasteiger partial charge on any atom is -0.497 e. The fourth-order valence-electron chi connectivity index (χ4n) is 2.04. The van der Waals surface area contributed by atoms with E-state index in [1.807, 2.05) is 0 Å². The zero-order valence-electron chi connectivity index (χ0n) is 14.7. The van der Waals surface area contributed by atoms with Gasteiger partial charge in [0.25, 0.3) is 11.4 Å². The van der Waals surface area contributed by atoms with E-state index in [9.17, 15) is 25.0 Å². The van der Waals surface area contributed by atoms with E-state index in [0.29, 0.717) is 0 Å². The average Bonchev–Trinajstić information content (AvgIpc) is 2.70. The van der Waals surface area contributed by atoms with Crippen LogP contribution in [0.4, 0.5) is 11.4 Å². The number of benzene rings is 2. The van der Waals surface area contributed by atoms with E-state index in [-0.39, 0.29) is 12.2 Å². The molecular formula is C19H14N2O7. The zero-order valence-corrected chi connectivity index (χ0v) is 14.7. The Hall–Kier alpha value is -4.19. The summed E-state index contributed by atoms with van der Waals surface area (Å²) in [5, 5.41) is 21.7. The molecule has 28 heavy (non-hydrogen) atoms. The maximum atomic E-state index is 12.0. The van der Waals surface area contributed by atoms with E-state index in [0.717, 1.165) is 29.5 Å². The molecule has 0 spiro atoms. The standard InChI is InChI=1S/C19H14N2O7/c1-27-18-8-6-14(7-9-18)5-3-2-4-10-28-19(22)15-11-16(20(23)24)13-17(12-15)21(25)26/h2,4,6-9,11-13H,10H2,1H3/b4-2+. The van der Waals surface area contributed by atoms with Crippen molar-refractivity contribution in [3.8, 4) is 17.6 Å². The van der Waals surface area contributed by atoms with Crippen LogP contribution in [0.3, 0.4) is 0 Å². The molecular weight excluding hydrogens is 368 g/mol. The van der Waals surface area contributed by atoms with Crippen molar-refractivity contribution < 1.29 is 24.1 Å². The molecule has 9 heteroatoms. The Kier molecular flexibility index (Phi) is 6.82. The normalized spacial score (nSPS) is 10.0. The zero-order chi connectivity index (χ0) is 20.5. The van der Waals surface area contributed by atoms with Crippen molar-refractivity contribution in [1.82, 2.24) is 0 Å². The van der Waals surface area contributed by atoms with Crippen LogP contribution in [0.15, 0.2) is 54.6 Å². The Morgan fingerprint density at radius 2 is 1.68 bits per heavy atom. The van der Waals surface area contributed by atoms with Gasteiger partial charge < -0.3 is 9.47 Å². The Morgan fingerprint density at radius 1 is 1.07 bits per heavy atom. The number of nitro groups is 2. The molecule has 0 aliphatic rings. The van der Waals surface area contributed by atoms with Crippen LogP contribution in [0, 0.1) is 32.1 Å². The van der Waals surface area contributed by atoms with E-state index in [1.54, 1.807) is 31.4 Å². The number of carbonyl (C=O) groups is 1. The Balaban J connectivity index is 1.97. The van der Waals surface area contributed by atoms with Crippen LogP contribution in [0.1, 0.15) is 15.9 Å². The first-order valence-electron chi connectivity index (χ1n) is 7.82. The number of nitrogens with zero attached hydrogens (tertiary/aromatic N) is 2. The summed E-state index contributed by atoms with van der Waals surface area (Å²) < 4.78 is 9.97. The summed E-state index contributed by atoms with van der Waals surface area (Å²) in [7, 11) is 1.57. The van der Waals surface area contributed by atoms with Gasteiger partial charge in [0.2, 0.25) is 0 Å². The van der Waals surface area contributed by atoms with Gasteiger partial charge in [-0.1, -0.05) is 11.8 Å². The molecule has 0 fully saturated rings. The molecule has 0 aliphatic carbocycles. The number of methoxy groups -OCH3 is 1. The Bertz CT molecular complexity index is 953. The van der Waals surface area contributed by atoms with Crippen molar-refractivity contribution >= 4 is 17.3 Å². The summed E-state index contributed by atoms with van der Waals surface area (Å²) in [6, 6.07) is 9.72. The third-order valence-corrected chi connectivity index (χ3v) is 3.38. The van der Waals surface area contributed by atoms with Crippen LogP contribution in [0.5, 0.6) is 5.75 Å². The molecule has 0 N–H and O–H groups in total. The lowest BCUT2D eigenvalue weighted by Gasteiger charge is -2.02. The molecule has 142 valence electrons. The first kappa shape index (κ1) is 20.1. The third kappa shape index (κ3) is 5.67. The second-order valence-electron chi connectivity index (χ2n) is 5.25. The molecule has 0 aromatic heterocycles. The van der Waals surface area contributed by atoms with E-state index in [2.05, 4.69) is 11.8 Å². The highest BCUT2D eigenvalue weighted by molar-refractivity contribution is 5.91. The second-order valence-corrected chi connectivity index (χ2v) is 5.25. The molecule has 0 heterocycles. The van der Waals surface area contributed by atoms with Crippen LogP contribution in [-0.4, -0.2) is 29.5 Å². The molecule has 0 bridgehead atoms. The number of carbonyl (C=O) groups excluding carboxylic acids is 1. The highest BCUT2D eigenvalue weighted by atomic mass is 16.6. The average molecular weight is 382 g/mol.